The second kappa shape index (κ2) is 6.52. The first-order valence-electron chi connectivity index (χ1n) is 6.61. The third-order valence-corrected chi connectivity index (χ3v) is 3.29. The molecular weight excluding hydrogens is 247 g/mol. The van der Waals surface area contributed by atoms with Crippen molar-refractivity contribution in [3.8, 4) is 0 Å². The fraction of sp³-hybridized carbons (Fsp3) is 0.500. The summed E-state index contributed by atoms with van der Waals surface area (Å²) in [6.07, 6.45) is 4.38. The van der Waals surface area contributed by atoms with E-state index in [9.17, 15) is 9.18 Å². The fourth-order valence-corrected chi connectivity index (χ4v) is 2.15. The first-order chi connectivity index (χ1) is 9.16. The number of carbonyl (C=O) groups excluding carboxylic acids is 1. The smallest absolute Gasteiger partial charge is 0.251 e. The second-order valence-corrected chi connectivity index (χ2v) is 4.77. The number of nitrogen functional groups attached to an aromatic ring is 1. The molecule has 2 rings (SSSR count). The number of amides is 1. The van der Waals surface area contributed by atoms with Gasteiger partial charge in [0.2, 0.25) is 0 Å². The Morgan fingerprint density at radius 1 is 1.47 bits per heavy atom. The molecule has 1 aromatic rings. The Balaban J connectivity index is 1.78. The van der Waals surface area contributed by atoms with Gasteiger partial charge in [0.25, 0.3) is 5.91 Å². The quantitative estimate of drug-likeness (QED) is 0.820. The highest BCUT2D eigenvalue weighted by molar-refractivity contribution is 5.94. The maximum Gasteiger partial charge on any atom is 0.251 e. The number of carbonyl (C=O) groups is 1. The van der Waals surface area contributed by atoms with Crippen LogP contribution in [0.4, 0.5) is 10.1 Å². The van der Waals surface area contributed by atoms with Gasteiger partial charge in [-0.1, -0.05) is 0 Å². The average Bonchev–Trinajstić information content (AvgIpc) is 2.43. The minimum Gasteiger partial charge on any atom is -0.396 e. The molecule has 0 radical (unpaired) electrons. The highest BCUT2D eigenvalue weighted by Gasteiger charge is 2.14. The number of nitrogens with one attached hydrogen (secondary N) is 1. The van der Waals surface area contributed by atoms with Crippen molar-refractivity contribution in [1.29, 1.82) is 0 Å². The minimum atomic E-state index is -0.566. The van der Waals surface area contributed by atoms with Crippen LogP contribution in [-0.2, 0) is 4.74 Å². The Hall–Kier alpha value is -1.62. The normalized spacial score (nSPS) is 19.1. The Kier molecular flexibility index (Phi) is 4.74. The van der Waals surface area contributed by atoms with Gasteiger partial charge in [-0.2, -0.15) is 0 Å². The summed E-state index contributed by atoms with van der Waals surface area (Å²) in [7, 11) is 0. The molecule has 1 aromatic carbocycles. The van der Waals surface area contributed by atoms with Crippen LogP contribution in [0.25, 0.3) is 0 Å². The van der Waals surface area contributed by atoms with Crippen molar-refractivity contribution in [3.63, 3.8) is 0 Å². The number of halogens is 1. The van der Waals surface area contributed by atoms with Gasteiger partial charge in [0.1, 0.15) is 5.82 Å². The molecule has 1 unspecified atom stereocenters. The predicted octanol–water partition coefficient (Wildman–Crippen LogP) is 2.10. The van der Waals surface area contributed by atoms with E-state index in [2.05, 4.69) is 5.32 Å². The first kappa shape index (κ1) is 13.8. The molecule has 1 fully saturated rings. The van der Waals surface area contributed by atoms with Gasteiger partial charge in [-0.05, 0) is 43.9 Å². The van der Waals surface area contributed by atoms with Crippen molar-refractivity contribution in [1.82, 2.24) is 5.32 Å². The van der Waals surface area contributed by atoms with Crippen molar-refractivity contribution in [2.45, 2.75) is 31.8 Å². The molecule has 1 heterocycles. The molecule has 4 nitrogen and oxygen atoms in total. The van der Waals surface area contributed by atoms with Gasteiger partial charge in [0.15, 0.2) is 0 Å². The Morgan fingerprint density at radius 3 is 3.00 bits per heavy atom. The SMILES string of the molecule is Nc1ccc(C(=O)NCCC2CCCCO2)cc1F. The highest BCUT2D eigenvalue weighted by atomic mass is 19.1. The summed E-state index contributed by atoms with van der Waals surface area (Å²) < 4.78 is 18.8. The van der Waals surface area contributed by atoms with Gasteiger partial charge >= 0.3 is 0 Å². The molecule has 19 heavy (non-hydrogen) atoms. The Labute approximate surface area is 112 Å². The maximum absolute atomic E-state index is 13.2. The molecule has 1 atom stereocenters. The maximum atomic E-state index is 13.2. The van der Waals surface area contributed by atoms with Crippen molar-refractivity contribution in [2.75, 3.05) is 18.9 Å². The van der Waals surface area contributed by atoms with Crippen LogP contribution in [0.3, 0.4) is 0 Å². The lowest BCUT2D eigenvalue weighted by molar-refractivity contribution is 0.0117. The van der Waals surface area contributed by atoms with E-state index < -0.39 is 5.82 Å². The molecular formula is C14H19FN2O2. The Morgan fingerprint density at radius 2 is 2.32 bits per heavy atom. The van der Waals surface area contributed by atoms with Crippen molar-refractivity contribution in [3.05, 3.63) is 29.6 Å². The summed E-state index contributed by atoms with van der Waals surface area (Å²) in [6.45, 7) is 1.34. The van der Waals surface area contributed by atoms with Crippen LogP contribution < -0.4 is 11.1 Å². The van der Waals surface area contributed by atoms with Crippen LogP contribution in [0.1, 0.15) is 36.0 Å². The Bertz CT molecular complexity index is 445. The standard InChI is InChI=1S/C14H19FN2O2/c15-12-9-10(4-5-13(12)16)14(18)17-7-6-11-3-1-2-8-19-11/h4-5,9,11H,1-3,6-8,16H2,(H,17,18). The second-order valence-electron chi connectivity index (χ2n) is 4.77. The number of benzene rings is 1. The third kappa shape index (κ3) is 3.92. The van der Waals surface area contributed by atoms with Crippen LogP contribution in [0.15, 0.2) is 18.2 Å². The highest BCUT2D eigenvalue weighted by Crippen LogP contribution is 2.15. The average molecular weight is 266 g/mol. The van der Waals surface area contributed by atoms with Gasteiger partial charge in [-0.15, -0.1) is 0 Å². The largest absolute Gasteiger partial charge is 0.396 e. The van der Waals surface area contributed by atoms with Crippen LogP contribution in [0.2, 0.25) is 0 Å². The van der Waals surface area contributed by atoms with E-state index in [4.69, 9.17) is 10.5 Å². The van der Waals surface area contributed by atoms with Crippen LogP contribution in [0.5, 0.6) is 0 Å². The number of rotatable bonds is 4. The number of ether oxygens (including phenoxy) is 1. The summed E-state index contributed by atoms with van der Waals surface area (Å²) in [6, 6.07) is 4.07. The van der Waals surface area contributed by atoms with Crippen LogP contribution >= 0.6 is 0 Å². The minimum absolute atomic E-state index is 0.0483. The van der Waals surface area contributed by atoms with Gasteiger partial charge < -0.3 is 15.8 Å². The molecule has 5 heteroatoms. The summed E-state index contributed by atoms with van der Waals surface area (Å²) in [5.74, 6) is -0.849. The molecule has 0 aromatic heterocycles. The van der Waals surface area contributed by atoms with E-state index >= 15 is 0 Å². The molecule has 1 saturated heterocycles. The van der Waals surface area contributed by atoms with Crippen molar-refractivity contribution >= 4 is 11.6 Å². The van der Waals surface area contributed by atoms with Crippen molar-refractivity contribution in [2.24, 2.45) is 0 Å². The molecule has 1 aliphatic rings. The lowest BCUT2D eigenvalue weighted by Crippen LogP contribution is -2.29. The topological polar surface area (TPSA) is 64.4 Å². The van der Waals surface area contributed by atoms with E-state index in [1.165, 1.54) is 18.6 Å². The van der Waals surface area contributed by atoms with E-state index in [1.807, 2.05) is 0 Å². The zero-order valence-corrected chi connectivity index (χ0v) is 10.8. The van der Waals surface area contributed by atoms with Crippen LogP contribution in [-0.4, -0.2) is 25.2 Å². The van der Waals surface area contributed by atoms with Crippen molar-refractivity contribution < 1.29 is 13.9 Å². The molecule has 1 aliphatic heterocycles. The van der Waals surface area contributed by atoms with E-state index in [0.717, 1.165) is 31.9 Å². The van der Waals surface area contributed by atoms with E-state index in [-0.39, 0.29) is 23.3 Å². The van der Waals surface area contributed by atoms with Gasteiger partial charge in [0, 0.05) is 18.7 Å². The molecule has 104 valence electrons. The summed E-state index contributed by atoms with van der Waals surface area (Å²) in [5, 5.41) is 2.77. The summed E-state index contributed by atoms with van der Waals surface area (Å²) >= 11 is 0. The monoisotopic (exact) mass is 266 g/mol. The number of anilines is 1. The first-order valence-corrected chi connectivity index (χ1v) is 6.61. The lowest BCUT2D eigenvalue weighted by Gasteiger charge is -2.22. The summed E-state index contributed by atoms with van der Waals surface area (Å²) in [5.41, 5.74) is 5.70. The molecule has 0 bridgehead atoms. The van der Waals surface area contributed by atoms with Gasteiger partial charge in [-0.3, -0.25) is 4.79 Å². The van der Waals surface area contributed by atoms with Crippen LogP contribution in [0, 0.1) is 5.82 Å². The molecule has 0 spiro atoms. The number of hydrogen-bond donors (Lipinski definition) is 2. The lowest BCUT2D eigenvalue weighted by atomic mass is 10.1. The third-order valence-electron chi connectivity index (χ3n) is 3.29. The molecule has 0 saturated carbocycles. The number of nitrogens with two attached hydrogens (primary N) is 1. The van der Waals surface area contributed by atoms with E-state index in [0.29, 0.717) is 6.54 Å². The zero-order chi connectivity index (χ0) is 13.7. The predicted molar refractivity (Wildman–Crippen MR) is 71.4 cm³/mol. The fourth-order valence-electron chi connectivity index (χ4n) is 2.15. The van der Waals surface area contributed by atoms with Gasteiger partial charge in [-0.25, -0.2) is 4.39 Å². The van der Waals surface area contributed by atoms with E-state index in [1.54, 1.807) is 0 Å². The summed E-state index contributed by atoms with van der Waals surface area (Å²) in [4.78, 5) is 11.8. The van der Waals surface area contributed by atoms with Gasteiger partial charge in [0.05, 0.1) is 11.8 Å². The molecule has 0 aliphatic carbocycles. The zero-order valence-electron chi connectivity index (χ0n) is 10.8. The molecule has 1 amide bonds. The number of hydrogen-bond acceptors (Lipinski definition) is 3. The molecule has 3 N–H and O–H groups in total.